The van der Waals surface area contributed by atoms with Crippen molar-refractivity contribution in [1.29, 1.82) is 0 Å². The molecule has 3 atom stereocenters. The van der Waals surface area contributed by atoms with Gasteiger partial charge in [0.15, 0.2) is 0 Å². The van der Waals surface area contributed by atoms with Gasteiger partial charge in [0.05, 0.1) is 31.9 Å². The van der Waals surface area contributed by atoms with Gasteiger partial charge >= 0.3 is 6.18 Å². The Morgan fingerprint density at radius 2 is 2.16 bits per heavy atom. The van der Waals surface area contributed by atoms with Gasteiger partial charge in [0, 0.05) is 37.1 Å². The first-order valence-electron chi connectivity index (χ1n) is 10.1. The van der Waals surface area contributed by atoms with Crippen molar-refractivity contribution in [3.63, 3.8) is 0 Å². The maximum absolute atomic E-state index is 13.9. The van der Waals surface area contributed by atoms with E-state index in [4.69, 9.17) is 4.74 Å². The smallest absolute Gasteiger partial charge is 0.386 e. The Morgan fingerprint density at radius 1 is 1.35 bits per heavy atom. The number of hydrogen-bond donors (Lipinski definition) is 1. The molecule has 2 aromatic rings. The Balaban J connectivity index is 1.75. The maximum atomic E-state index is 13.9. The molecular formula is C20H24F3N5O3. The Morgan fingerprint density at radius 3 is 2.84 bits per heavy atom. The van der Waals surface area contributed by atoms with Crippen LogP contribution in [-0.2, 0) is 11.3 Å². The summed E-state index contributed by atoms with van der Waals surface area (Å²) in [6, 6.07) is 2.62. The average molecular weight is 439 g/mol. The number of β-amino-alcohol motifs (C(OH)–C–C–N with tert-alkyl or cyclic N) is 1. The van der Waals surface area contributed by atoms with Crippen molar-refractivity contribution in [3.8, 4) is 0 Å². The molecular weight excluding hydrogens is 415 g/mol. The van der Waals surface area contributed by atoms with Crippen LogP contribution in [0.3, 0.4) is 0 Å². The van der Waals surface area contributed by atoms with Crippen LogP contribution in [0.5, 0.6) is 0 Å². The lowest BCUT2D eigenvalue weighted by Crippen LogP contribution is -2.54. The van der Waals surface area contributed by atoms with Gasteiger partial charge in [0.25, 0.3) is 5.56 Å². The third kappa shape index (κ3) is 4.38. The van der Waals surface area contributed by atoms with Gasteiger partial charge in [0.1, 0.15) is 11.9 Å². The monoisotopic (exact) mass is 439 g/mol. The van der Waals surface area contributed by atoms with Crippen molar-refractivity contribution >= 4 is 11.8 Å². The molecule has 2 aromatic heterocycles. The first-order chi connectivity index (χ1) is 14.8. The minimum atomic E-state index is -4.54. The molecule has 1 N–H and O–H groups in total. The lowest BCUT2D eigenvalue weighted by Gasteiger charge is -2.41. The van der Waals surface area contributed by atoms with Crippen molar-refractivity contribution in [2.24, 2.45) is 0 Å². The highest BCUT2D eigenvalue weighted by Crippen LogP contribution is 2.35. The third-order valence-electron chi connectivity index (χ3n) is 5.71. The van der Waals surface area contributed by atoms with Crippen molar-refractivity contribution in [1.82, 2.24) is 14.5 Å². The Hall–Kier alpha value is -2.66. The predicted molar refractivity (Wildman–Crippen MR) is 107 cm³/mol. The average Bonchev–Trinajstić information content (AvgIpc) is 2.74. The summed E-state index contributed by atoms with van der Waals surface area (Å²) in [5.41, 5.74) is -0.0268. The van der Waals surface area contributed by atoms with E-state index in [1.807, 2.05) is 11.8 Å². The molecule has 0 radical (unpaired) electrons. The molecule has 11 heteroatoms. The summed E-state index contributed by atoms with van der Waals surface area (Å²) < 4.78 is 48.3. The van der Waals surface area contributed by atoms with Crippen LogP contribution in [0.1, 0.15) is 25.0 Å². The van der Waals surface area contributed by atoms with Gasteiger partial charge in [-0.15, -0.1) is 0 Å². The number of nitrogens with zero attached hydrogens (tertiary/aromatic N) is 5. The number of halogens is 3. The molecule has 4 heterocycles. The second-order valence-electron chi connectivity index (χ2n) is 7.82. The van der Waals surface area contributed by atoms with Crippen LogP contribution in [0.15, 0.2) is 35.4 Å². The van der Waals surface area contributed by atoms with E-state index in [9.17, 15) is 23.1 Å². The number of ether oxygens (including phenoxy) is 1. The number of aliphatic hydroxyl groups excluding tert-OH is 1. The number of morpholine rings is 1. The SMILES string of the molecule is C[C@@H]1COCCN1c1cc(=O)n2c(n1)N(CC(O)c1cccnc1)C(C(F)(F)F)CC2. The zero-order chi connectivity index (χ0) is 22.2. The summed E-state index contributed by atoms with van der Waals surface area (Å²) in [5.74, 6) is 0.230. The standard InChI is InChI=1S/C20H24F3N5O3/c1-13-12-31-8-7-26(13)17-9-18(30)27-6-4-16(20(21,22)23)28(19(27)25-17)11-15(29)14-3-2-5-24-10-14/h2-3,5,9-10,13,15-16,29H,4,6-8,11-12H2,1H3/t13-,15?,16?/m1/s1. The van der Waals surface area contributed by atoms with E-state index >= 15 is 0 Å². The molecule has 1 fully saturated rings. The van der Waals surface area contributed by atoms with Crippen LogP contribution in [-0.4, -0.2) is 64.2 Å². The molecule has 2 unspecified atom stereocenters. The molecule has 0 spiro atoms. The first kappa shape index (κ1) is 21.6. The lowest BCUT2D eigenvalue weighted by molar-refractivity contribution is -0.153. The molecule has 0 amide bonds. The molecule has 0 bridgehead atoms. The number of rotatable bonds is 4. The van der Waals surface area contributed by atoms with E-state index in [0.717, 1.165) is 4.90 Å². The summed E-state index contributed by atoms with van der Waals surface area (Å²) in [6.45, 7) is 2.81. The number of alkyl halides is 3. The quantitative estimate of drug-likeness (QED) is 0.777. The predicted octanol–water partition coefficient (Wildman–Crippen LogP) is 1.74. The van der Waals surface area contributed by atoms with Crippen molar-refractivity contribution in [2.75, 3.05) is 36.1 Å². The summed E-state index contributed by atoms with van der Waals surface area (Å²) >= 11 is 0. The summed E-state index contributed by atoms with van der Waals surface area (Å²) in [6.07, 6.45) is -3.15. The molecule has 0 aliphatic carbocycles. The second-order valence-corrected chi connectivity index (χ2v) is 7.82. The van der Waals surface area contributed by atoms with Gasteiger partial charge in [-0.2, -0.15) is 18.2 Å². The fourth-order valence-corrected chi connectivity index (χ4v) is 4.09. The summed E-state index contributed by atoms with van der Waals surface area (Å²) in [7, 11) is 0. The summed E-state index contributed by atoms with van der Waals surface area (Å²) in [4.78, 5) is 24.0. The first-order valence-corrected chi connectivity index (χ1v) is 10.1. The van der Waals surface area contributed by atoms with Gasteiger partial charge in [-0.1, -0.05) is 6.07 Å². The maximum Gasteiger partial charge on any atom is 0.408 e. The molecule has 4 rings (SSSR count). The van der Waals surface area contributed by atoms with E-state index in [2.05, 4.69) is 9.97 Å². The summed E-state index contributed by atoms with van der Waals surface area (Å²) in [5, 5.41) is 10.6. The molecule has 31 heavy (non-hydrogen) atoms. The lowest BCUT2D eigenvalue weighted by atomic mass is 10.1. The molecule has 168 valence electrons. The van der Waals surface area contributed by atoms with Crippen molar-refractivity contribution in [3.05, 3.63) is 46.5 Å². The topological polar surface area (TPSA) is 83.7 Å². The van der Waals surface area contributed by atoms with Crippen molar-refractivity contribution < 1.29 is 23.0 Å². The molecule has 0 saturated carbocycles. The highest BCUT2D eigenvalue weighted by Gasteiger charge is 2.47. The van der Waals surface area contributed by atoms with Crippen molar-refractivity contribution in [2.45, 2.75) is 44.3 Å². The van der Waals surface area contributed by atoms with E-state index in [-0.39, 0.29) is 31.5 Å². The largest absolute Gasteiger partial charge is 0.408 e. The number of anilines is 2. The van der Waals surface area contributed by atoms with Gasteiger partial charge < -0.3 is 19.6 Å². The van der Waals surface area contributed by atoms with Gasteiger partial charge in [-0.05, 0) is 19.4 Å². The molecule has 2 aliphatic rings. The van der Waals surface area contributed by atoms with Crippen LogP contribution in [0, 0.1) is 0 Å². The normalized spacial score (nSPS) is 22.9. The number of aromatic nitrogens is 3. The second kappa shape index (κ2) is 8.46. The minimum Gasteiger partial charge on any atom is -0.386 e. The van der Waals surface area contributed by atoms with Gasteiger partial charge in [-0.3, -0.25) is 14.3 Å². The highest BCUT2D eigenvalue weighted by molar-refractivity contribution is 5.48. The Labute approximate surface area is 176 Å². The molecule has 8 nitrogen and oxygen atoms in total. The number of aliphatic hydroxyl groups is 1. The number of fused-ring (bicyclic) bond motifs is 1. The van der Waals surface area contributed by atoms with E-state index in [1.165, 1.54) is 23.0 Å². The number of hydrogen-bond acceptors (Lipinski definition) is 7. The van der Waals surface area contributed by atoms with E-state index in [0.29, 0.717) is 31.1 Å². The van der Waals surface area contributed by atoms with Crippen LogP contribution in [0.4, 0.5) is 24.9 Å². The fourth-order valence-electron chi connectivity index (χ4n) is 4.09. The minimum absolute atomic E-state index is 0.0693. The van der Waals surface area contributed by atoms with Crippen LogP contribution in [0.25, 0.3) is 0 Å². The zero-order valence-electron chi connectivity index (χ0n) is 17.0. The van der Waals surface area contributed by atoms with E-state index in [1.54, 1.807) is 12.1 Å². The van der Waals surface area contributed by atoms with Gasteiger partial charge in [-0.25, -0.2) is 0 Å². The fraction of sp³-hybridized carbons (Fsp3) is 0.550. The van der Waals surface area contributed by atoms with E-state index < -0.39 is 23.9 Å². The number of pyridine rings is 1. The molecule has 1 saturated heterocycles. The zero-order valence-corrected chi connectivity index (χ0v) is 17.0. The van der Waals surface area contributed by atoms with Crippen LogP contribution in [0.2, 0.25) is 0 Å². The molecule has 0 aromatic carbocycles. The highest BCUT2D eigenvalue weighted by atomic mass is 19.4. The molecule has 2 aliphatic heterocycles. The van der Waals surface area contributed by atoms with Crippen LogP contribution < -0.4 is 15.4 Å². The Kier molecular flexibility index (Phi) is 5.89. The van der Waals surface area contributed by atoms with Gasteiger partial charge in [0.2, 0.25) is 5.95 Å². The Bertz CT molecular complexity index is 969. The van der Waals surface area contributed by atoms with Crippen LogP contribution >= 0.6 is 0 Å². The third-order valence-corrected chi connectivity index (χ3v) is 5.71.